The summed E-state index contributed by atoms with van der Waals surface area (Å²) in [4.78, 5) is 26.8. The van der Waals surface area contributed by atoms with Gasteiger partial charge >= 0.3 is 5.97 Å². The molecule has 2 N–H and O–H groups in total. The van der Waals surface area contributed by atoms with E-state index < -0.39 is 5.97 Å². The normalized spacial score (nSPS) is 10.1. The van der Waals surface area contributed by atoms with Crippen LogP contribution in [-0.4, -0.2) is 22.0 Å². The number of benzene rings is 1. The number of nitrogens with zero attached hydrogens (tertiary/aromatic N) is 1. The van der Waals surface area contributed by atoms with Gasteiger partial charge in [0.05, 0.1) is 5.56 Å². The first-order valence-corrected chi connectivity index (χ1v) is 6.05. The minimum absolute atomic E-state index is 0.0785. The third kappa shape index (κ3) is 3.00. The lowest BCUT2D eigenvalue weighted by Gasteiger charge is -2.08. The van der Waals surface area contributed by atoms with Crippen LogP contribution in [-0.2, 0) is 0 Å². The predicted octanol–water partition coefficient (Wildman–Crippen LogP) is 2.65. The van der Waals surface area contributed by atoms with E-state index in [0.717, 1.165) is 11.1 Å². The topological polar surface area (TPSA) is 79.3 Å². The molecular formula is C15H14N2O3. The lowest BCUT2D eigenvalue weighted by Crippen LogP contribution is -2.14. The predicted molar refractivity (Wildman–Crippen MR) is 75.1 cm³/mol. The van der Waals surface area contributed by atoms with Gasteiger partial charge in [0.2, 0.25) is 0 Å². The lowest BCUT2D eigenvalue weighted by atomic mass is 10.1. The molecule has 0 aliphatic heterocycles. The molecule has 0 radical (unpaired) electrons. The van der Waals surface area contributed by atoms with Gasteiger partial charge in [-0.25, -0.2) is 9.78 Å². The molecule has 102 valence electrons. The molecule has 0 saturated carbocycles. The van der Waals surface area contributed by atoms with Crippen molar-refractivity contribution in [3.8, 4) is 0 Å². The summed E-state index contributed by atoms with van der Waals surface area (Å²) in [5.74, 6) is -0.993. The summed E-state index contributed by atoms with van der Waals surface area (Å²) >= 11 is 0. The summed E-state index contributed by atoms with van der Waals surface area (Å²) in [5.41, 5.74) is 2.52. The van der Waals surface area contributed by atoms with Crippen LogP contribution in [0.25, 0.3) is 0 Å². The van der Waals surface area contributed by atoms with Gasteiger partial charge in [0.15, 0.2) is 0 Å². The second-order valence-corrected chi connectivity index (χ2v) is 4.51. The number of hydrogen-bond acceptors (Lipinski definition) is 3. The van der Waals surface area contributed by atoms with Gasteiger partial charge in [0.25, 0.3) is 5.91 Å². The third-order valence-corrected chi connectivity index (χ3v) is 2.89. The Balaban J connectivity index is 2.19. The standard InChI is InChI=1S/C15H14N2O3/c1-9-3-4-10(2)12(7-9)14(18)17-13-6-5-11(8-16-13)15(19)20/h3-8H,1-2H3,(H,19,20)(H,16,17,18). The highest BCUT2D eigenvalue weighted by atomic mass is 16.4. The summed E-state index contributed by atoms with van der Waals surface area (Å²) in [6, 6.07) is 8.48. The second-order valence-electron chi connectivity index (χ2n) is 4.51. The molecule has 20 heavy (non-hydrogen) atoms. The molecule has 5 heteroatoms. The SMILES string of the molecule is Cc1ccc(C)c(C(=O)Nc2ccc(C(=O)O)cn2)c1. The first-order valence-electron chi connectivity index (χ1n) is 6.05. The summed E-state index contributed by atoms with van der Waals surface area (Å²) in [6.07, 6.45) is 1.21. The Morgan fingerprint density at radius 2 is 1.90 bits per heavy atom. The fourth-order valence-electron chi connectivity index (χ4n) is 1.76. The molecule has 1 amide bonds. The van der Waals surface area contributed by atoms with Crippen LogP contribution < -0.4 is 5.32 Å². The van der Waals surface area contributed by atoms with Crippen molar-refractivity contribution in [3.05, 3.63) is 58.8 Å². The monoisotopic (exact) mass is 270 g/mol. The quantitative estimate of drug-likeness (QED) is 0.898. The van der Waals surface area contributed by atoms with Crippen LogP contribution in [0.15, 0.2) is 36.5 Å². The smallest absolute Gasteiger partial charge is 0.337 e. The van der Waals surface area contributed by atoms with E-state index in [1.165, 1.54) is 18.3 Å². The van der Waals surface area contributed by atoms with Gasteiger partial charge in [-0.1, -0.05) is 17.7 Å². The molecule has 0 spiro atoms. The number of carboxylic acids is 1. The molecule has 5 nitrogen and oxygen atoms in total. The van der Waals surface area contributed by atoms with Crippen molar-refractivity contribution in [2.24, 2.45) is 0 Å². The van der Waals surface area contributed by atoms with Crippen LogP contribution in [0, 0.1) is 13.8 Å². The van der Waals surface area contributed by atoms with Crippen LogP contribution in [0.5, 0.6) is 0 Å². The van der Waals surface area contributed by atoms with Crippen molar-refractivity contribution < 1.29 is 14.7 Å². The Morgan fingerprint density at radius 1 is 1.15 bits per heavy atom. The van der Waals surface area contributed by atoms with E-state index in [1.54, 1.807) is 6.07 Å². The molecule has 0 aliphatic rings. The highest BCUT2D eigenvalue weighted by molar-refractivity contribution is 6.05. The maximum atomic E-state index is 12.1. The number of aromatic carboxylic acids is 1. The van der Waals surface area contributed by atoms with Gasteiger partial charge in [-0.2, -0.15) is 0 Å². The number of carbonyl (C=O) groups excluding carboxylic acids is 1. The highest BCUT2D eigenvalue weighted by Crippen LogP contribution is 2.13. The molecule has 1 heterocycles. The Morgan fingerprint density at radius 3 is 2.50 bits per heavy atom. The van der Waals surface area contributed by atoms with Crippen LogP contribution in [0.4, 0.5) is 5.82 Å². The van der Waals surface area contributed by atoms with Crippen molar-refractivity contribution >= 4 is 17.7 Å². The first-order chi connectivity index (χ1) is 9.47. The maximum Gasteiger partial charge on any atom is 0.337 e. The largest absolute Gasteiger partial charge is 0.478 e. The van der Waals surface area contributed by atoms with Crippen LogP contribution >= 0.6 is 0 Å². The van der Waals surface area contributed by atoms with Gasteiger partial charge in [-0.15, -0.1) is 0 Å². The number of nitrogens with one attached hydrogen (secondary N) is 1. The highest BCUT2D eigenvalue weighted by Gasteiger charge is 2.10. The number of anilines is 1. The van der Waals surface area contributed by atoms with Gasteiger partial charge < -0.3 is 10.4 Å². The number of carboxylic acid groups (broad SMARTS) is 1. The Hall–Kier alpha value is -2.69. The van der Waals surface area contributed by atoms with E-state index in [2.05, 4.69) is 10.3 Å². The number of amides is 1. The number of hydrogen-bond donors (Lipinski definition) is 2. The fraction of sp³-hybridized carbons (Fsp3) is 0.133. The minimum atomic E-state index is -1.05. The third-order valence-electron chi connectivity index (χ3n) is 2.89. The lowest BCUT2D eigenvalue weighted by molar-refractivity contribution is 0.0696. The first kappa shape index (κ1) is 13.7. The van der Waals surface area contributed by atoms with Crippen molar-refractivity contribution in [1.82, 2.24) is 4.98 Å². The zero-order chi connectivity index (χ0) is 14.7. The van der Waals surface area contributed by atoms with E-state index in [0.29, 0.717) is 11.4 Å². The molecule has 0 fully saturated rings. The van der Waals surface area contributed by atoms with E-state index in [4.69, 9.17) is 5.11 Å². The summed E-state index contributed by atoms with van der Waals surface area (Å²) in [7, 11) is 0. The molecular weight excluding hydrogens is 256 g/mol. The maximum absolute atomic E-state index is 12.1. The molecule has 0 aliphatic carbocycles. The Labute approximate surface area is 116 Å². The van der Waals surface area contributed by atoms with E-state index in [1.807, 2.05) is 26.0 Å². The van der Waals surface area contributed by atoms with Crippen molar-refractivity contribution in [1.29, 1.82) is 0 Å². The second kappa shape index (κ2) is 5.52. The summed E-state index contributed by atoms with van der Waals surface area (Å²) < 4.78 is 0. The molecule has 2 aromatic rings. The van der Waals surface area contributed by atoms with Crippen LogP contribution in [0.1, 0.15) is 31.8 Å². The van der Waals surface area contributed by atoms with Gasteiger partial charge in [-0.3, -0.25) is 4.79 Å². The Bertz CT molecular complexity index is 663. The van der Waals surface area contributed by atoms with Gasteiger partial charge in [0.1, 0.15) is 5.82 Å². The molecule has 0 atom stereocenters. The van der Waals surface area contributed by atoms with Crippen molar-refractivity contribution in [2.45, 2.75) is 13.8 Å². The molecule has 0 saturated heterocycles. The van der Waals surface area contributed by atoms with Crippen LogP contribution in [0.3, 0.4) is 0 Å². The summed E-state index contributed by atoms with van der Waals surface area (Å²) in [5, 5.41) is 11.4. The number of aryl methyl sites for hydroxylation is 2. The number of carbonyl (C=O) groups is 2. The average molecular weight is 270 g/mol. The number of aromatic nitrogens is 1. The zero-order valence-corrected chi connectivity index (χ0v) is 11.2. The molecule has 0 unspecified atom stereocenters. The molecule has 1 aromatic carbocycles. The number of rotatable bonds is 3. The molecule has 0 bridgehead atoms. The molecule has 2 rings (SSSR count). The zero-order valence-electron chi connectivity index (χ0n) is 11.2. The van der Waals surface area contributed by atoms with Crippen molar-refractivity contribution in [3.63, 3.8) is 0 Å². The fourth-order valence-corrected chi connectivity index (χ4v) is 1.76. The van der Waals surface area contributed by atoms with Gasteiger partial charge in [-0.05, 0) is 37.6 Å². The van der Waals surface area contributed by atoms with Gasteiger partial charge in [0, 0.05) is 11.8 Å². The average Bonchev–Trinajstić information content (AvgIpc) is 2.42. The van der Waals surface area contributed by atoms with E-state index in [9.17, 15) is 9.59 Å². The summed E-state index contributed by atoms with van der Waals surface area (Å²) in [6.45, 7) is 3.77. The van der Waals surface area contributed by atoms with E-state index >= 15 is 0 Å². The minimum Gasteiger partial charge on any atom is -0.478 e. The molecule has 1 aromatic heterocycles. The van der Waals surface area contributed by atoms with E-state index in [-0.39, 0.29) is 11.5 Å². The number of pyridine rings is 1. The van der Waals surface area contributed by atoms with Crippen LogP contribution in [0.2, 0.25) is 0 Å². The Kier molecular flexibility index (Phi) is 3.79. The van der Waals surface area contributed by atoms with Crippen molar-refractivity contribution in [2.75, 3.05) is 5.32 Å².